The Morgan fingerprint density at radius 1 is 1.18 bits per heavy atom. The number of rotatable bonds is 4. The zero-order chi connectivity index (χ0) is 20.5. The summed E-state index contributed by atoms with van der Waals surface area (Å²) in [6.07, 6.45) is -4.46. The fraction of sp³-hybridized carbons (Fsp3) is 0.111. The number of nitrogens with one attached hydrogen (secondary N) is 1. The lowest BCUT2D eigenvalue weighted by Gasteiger charge is -2.17. The van der Waals surface area contributed by atoms with E-state index in [0.29, 0.717) is 5.69 Å². The number of aromatic amines is 1. The molecule has 0 aliphatic rings. The van der Waals surface area contributed by atoms with Gasteiger partial charge in [0.1, 0.15) is 11.5 Å². The average molecular weight is 392 g/mol. The first-order chi connectivity index (χ1) is 13.2. The van der Waals surface area contributed by atoms with Gasteiger partial charge in [-0.25, -0.2) is 0 Å². The first-order valence-electron chi connectivity index (χ1n) is 7.93. The highest BCUT2D eigenvalue weighted by Crippen LogP contribution is 2.33. The number of nitrogens with two attached hydrogens (primary N) is 1. The molecule has 0 atom stereocenters. The number of halogens is 3. The molecule has 0 spiro atoms. The predicted molar refractivity (Wildman–Crippen MR) is 95.4 cm³/mol. The van der Waals surface area contributed by atoms with Gasteiger partial charge in [0.2, 0.25) is 0 Å². The van der Waals surface area contributed by atoms with Crippen LogP contribution in [0.25, 0.3) is 0 Å². The minimum Gasteiger partial charge on any atom is -0.503 e. The summed E-state index contributed by atoms with van der Waals surface area (Å²) in [5.41, 5.74) is 4.82. The molecule has 0 saturated heterocycles. The molecule has 0 fully saturated rings. The fourth-order valence-corrected chi connectivity index (χ4v) is 2.38. The van der Waals surface area contributed by atoms with Crippen molar-refractivity contribution in [3.8, 4) is 17.2 Å². The summed E-state index contributed by atoms with van der Waals surface area (Å²) in [6, 6.07) is 10.6. The molecule has 0 aliphatic carbocycles. The van der Waals surface area contributed by atoms with E-state index in [9.17, 15) is 23.1 Å². The van der Waals surface area contributed by atoms with Crippen molar-refractivity contribution in [1.82, 2.24) is 10.2 Å². The largest absolute Gasteiger partial charge is 0.503 e. The Balaban J connectivity index is 1.75. The fourth-order valence-electron chi connectivity index (χ4n) is 2.38. The van der Waals surface area contributed by atoms with Gasteiger partial charge >= 0.3 is 6.18 Å². The molecule has 1 aromatic heterocycles. The van der Waals surface area contributed by atoms with Crippen molar-refractivity contribution in [1.29, 1.82) is 0 Å². The number of nitrogens with zero attached hydrogens (tertiary/aromatic N) is 2. The number of ether oxygens (including phenoxy) is 1. The van der Waals surface area contributed by atoms with Gasteiger partial charge in [-0.1, -0.05) is 6.07 Å². The molecule has 0 radical (unpaired) electrons. The van der Waals surface area contributed by atoms with E-state index < -0.39 is 23.4 Å². The molecule has 10 heteroatoms. The standard InChI is InChI=1S/C18H15F3N4O3/c1-25(17(27)14-15(26)16(22)24-23-14)11-5-7-12(8-6-11)28-13-4-2-3-10(9-13)18(19,20)21/h2-9,26H,1H3,(H3,22,23,24). The van der Waals surface area contributed by atoms with Crippen LogP contribution in [0.4, 0.5) is 24.7 Å². The van der Waals surface area contributed by atoms with E-state index in [2.05, 4.69) is 10.2 Å². The Labute approximate surface area is 157 Å². The molecule has 0 aliphatic heterocycles. The Hall–Kier alpha value is -3.69. The maximum absolute atomic E-state index is 12.8. The number of amides is 1. The molecule has 0 unspecified atom stereocenters. The number of benzene rings is 2. The number of H-pyrrole nitrogens is 1. The normalized spacial score (nSPS) is 11.3. The summed E-state index contributed by atoms with van der Waals surface area (Å²) >= 11 is 0. The zero-order valence-electron chi connectivity index (χ0n) is 14.5. The zero-order valence-corrected chi connectivity index (χ0v) is 14.5. The van der Waals surface area contributed by atoms with E-state index in [1.807, 2.05) is 0 Å². The van der Waals surface area contributed by atoms with Gasteiger partial charge in [0.25, 0.3) is 5.91 Å². The topological polar surface area (TPSA) is 104 Å². The highest BCUT2D eigenvalue weighted by atomic mass is 19.4. The van der Waals surface area contributed by atoms with Crippen LogP contribution in [-0.4, -0.2) is 28.3 Å². The Kier molecular flexibility index (Phi) is 4.87. The van der Waals surface area contributed by atoms with Crippen LogP contribution >= 0.6 is 0 Å². The number of aromatic hydroxyl groups is 1. The van der Waals surface area contributed by atoms with Crippen molar-refractivity contribution >= 4 is 17.4 Å². The number of aromatic nitrogens is 2. The molecule has 1 amide bonds. The number of alkyl halides is 3. The lowest BCUT2D eigenvalue weighted by atomic mass is 10.2. The molecule has 1 heterocycles. The first kappa shape index (κ1) is 19.1. The second-order valence-electron chi connectivity index (χ2n) is 5.82. The molecule has 0 saturated carbocycles. The number of nitrogen functional groups attached to an aromatic ring is 1. The van der Waals surface area contributed by atoms with E-state index in [1.165, 1.54) is 48.3 Å². The Morgan fingerprint density at radius 3 is 2.43 bits per heavy atom. The molecular formula is C18H15F3N4O3. The maximum atomic E-state index is 12.8. The van der Waals surface area contributed by atoms with Crippen LogP contribution in [0, 0.1) is 0 Å². The second kappa shape index (κ2) is 7.14. The second-order valence-corrected chi connectivity index (χ2v) is 5.82. The van der Waals surface area contributed by atoms with Crippen molar-refractivity contribution in [2.45, 2.75) is 6.18 Å². The molecule has 146 valence electrons. The molecule has 7 nitrogen and oxygen atoms in total. The lowest BCUT2D eigenvalue weighted by Crippen LogP contribution is -2.26. The van der Waals surface area contributed by atoms with Gasteiger partial charge in [0, 0.05) is 12.7 Å². The molecule has 4 N–H and O–H groups in total. The molecule has 2 aromatic carbocycles. The highest BCUT2D eigenvalue weighted by Gasteiger charge is 2.30. The maximum Gasteiger partial charge on any atom is 0.416 e. The number of hydrogen-bond acceptors (Lipinski definition) is 5. The Morgan fingerprint density at radius 2 is 1.86 bits per heavy atom. The number of anilines is 2. The molecular weight excluding hydrogens is 377 g/mol. The summed E-state index contributed by atoms with van der Waals surface area (Å²) in [5, 5.41) is 15.7. The Bertz CT molecular complexity index is 1000. The third-order valence-electron chi connectivity index (χ3n) is 3.90. The summed E-state index contributed by atoms with van der Waals surface area (Å²) in [5.74, 6) is -0.848. The van der Waals surface area contributed by atoms with Crippen LogP contribution in [0.1, 0.15) is 16.1 Å². The highest BCUT2D eigenvalue weighted by molar-refractivity contribution is 6.06. The van der Waals surface area contributed by atoms with E-state index in [1.54, 1.807) is 0 Å². The average Bonchev–Trinajstić information content (AvgIpc) is 2.99. The van der Waals surface area contributed by atoms with Crippen LogP contribution in [0.15, 0.2) is 48.5 Å². The molecule has 0 bridgehead atoms. The van der Waals surface area contributed by atoms with Gasteiger partial charge in [-0.3, -0.25) is 9.89 Å². The monoisotopic (exact) mass is 392 g/mol. The van der Waals surface area contributed by atoms with Gasteiger partial charge in [0.15, 0.2) is 17.3 Å². The van der Waals surface area contributed by atoms with Crippen molar-refractivity contribution in [3.63, 3.8) is 0 Å². The van der Waals surface area contributed by atoms with Gasteiger partial charge < -0.3 is 20.5 Å². The van der Waals surface area contributed by atoms with E-state index >= 15 is 0 Å². The summed E-state index contributed by atoms with van der Waals surface area (Å²) in [7, 11) is 1.47. The van der Waals surface area contributed by atoms with Gasteiger partial charge in [-0.05, 0) is 42.5 Å². The number of carbonyl (C=O) groups is 1. The van der Waals surface area contributed by atoms with Crippen LogP contribution in [-0.2, 0) is 6.18 Å². The van der Waals surface area contributed by atoms with Gasteiger partial charge in [-0.15, -0.1) is 0 Å². The quantitative estimate of drug-likeness (QED) is 0.627. The number of carbonyl (C=O) groups excluding carboxylic acids is 1. The van der Waals surface area contributed by atoms with Gasteiger partial charge in [-0.2, -0.15) is 18.3 Å². The SMILES string of the molecule is CN(C(=O)c1n[nH]c(N)c1O)c1ccc(Oc2cccc(C(F)(F)F)c2)cc1. The van der Waals surface area contributed by atoms with E-state index in [-0.39, 0.29) is 23.0 Å². The minimum absolute atomic E-state index is 0.0314. The molecule has 3 aromatic rings. The van der Waals surface area contributed by atoms with Crippen molar-refractivity contribution in [2.24, 2.45) is 0 Å². The van der Waals surface area contributed by atoms with Crippen LogP contribution in [0.5, 0.6) is 17.2 Å². The smallest absolute Gasteiger partial charge is 0.416 e. The van der Waals surface area contributed by atoms with Crippen LogP contribution < -0.4 is 15.4 Å². The summed E-state index contributed by atoms with van der Waals surface area (Å²) in [4.78, 5) is 13.6. The predicted octanol–water partition coefficient (Wildman–Crippen LogP) is 3.79. The van der Waals surface area contributed by atoms with Gasteiger partial charge in [0.05, 0.1) is 5.56 Å². The van der Waals surface area contributed by atoms with Crippen molar-refractivity contribution in [2.75, 3.05) is 17.7 Å². The van der Waals surface area contributed by atoms with Crippen molar-refractivity contribution in [3.05, 3.63) is 59.8 Å². The van der Waals surface area contributed by atoms with E-state index in [0.717, 1.165) is 12.1 Å². The summed E-state index contributed by atoms with van der Waals surface area (Å²) in [6.45, 7) is 0. The third kappa shape index (κ3) is 3.85. The number of hydrogen-bond donors (Lipinski definition) is 3. The first-order valence-corrected chi connectivity index (χ1v) is 7.93. The van der Waals surface area contributed by atoms with E-state index in [4.69, 9.17) is 10.5 Å². The van der Waals surface area contributed by atoms with Crippen LogP contribution in [0.2, 0.25) is 0 Å². The molecule has 28 heavy (non-hydrogen) atoms. The minimum atomic E-state index is -4.46. The lowest BCUT2D eigenvalue weighted by molar-refractivity contribution is -0.137. The summed E-state index contributed by atoms with van der Waals surface area (Å²) < 4.78 is 43.7. The van der Waals surface area contributed by atoms with Crippen molar-refractivity contribution < 1.29 is 27.8 Å². The molecule has 3 rings (SSSR count). The third-order valence-corrected chi connectivity index (χ3v) is 3.90. The van der Waals surface area contributed by atoms with Crippen LogP contribution in [0.3, 0.4) is 0 Å².